The van der Waals surface area contributed by atoms with Gasteiger partial charge in [-0.1, -0.05) is 62.4 Å². The van der Waals surface area contributed by atoms with Crippen LogP contribution in [0.5, 0.6) is 0 Å². The molecule has 0 bridgehead atoms. The van der Waals surface area contributed by atoms with Crippen LogP contribution in [-0.2, 0) is 0 Å². The van der Waals surface area contributed by atoms with E-state index in [9.17, 15) is 0 Å². The van der Waals surface area contributed by atoms with E-state index in [2.05, 4.69) is 55.2 Å². The monoisotopic (exact) mass is 286 g/mol. The van der Waals surface area contributed by atoms with Crippen LogP contribution in [0.1, 0.15) is 55.4 Å². The Morgan fingerprint density at radius 2 is 1.90 bits per heavy atom. The van der Waals surface area contributed by atoms with Gasteiger partial charge in [-0.15, -0.1) is 10.2 Å². The van der Waals surface area contributed by atoms with Crippen LogP contribution in [0.4, 0.5) is 0 Å². The van der Waals surface area contributed by atoms with Gasteiger partial charge in [0.25, 0.3) is 0 Å². The third-order valence-electron chi connectivity index (χ3n) is 3.46. The van der Waals surface area contributed by atoms with Gasteiger partial charge in [0.2, 0.25) is 4.96 Å². The van der Waals surface area contributed by atoms with Crippen LogP contribution in [0.2, 0.25) is 0 Å². The Hall–Kier alpha value is -1.75. The molecule has 0 fully saturated rings. The molecule has 104 valence electrons. The van der Waals surface area contributed by atoms with Crippen LogP contribution in [0, 0.1) is 0 Å². The number of aromatic nitrogens is 4. The lowest BCUT2D eigenvalue weighted by atomic mass is 9.97. The quantitative estimate of drug-likeness (QED) is 0.731. The number of hydrogen-bond acceptors (Lipinski definition) is 4. The van der Waals surface area contributed by atoms with Crippen molar-refractivity contribution in [1.29, 1.82) is 0 Å². The predicted octanol–water partition coefficient (Wildman–Crippen LogP) is 3.85. The lowest BCUT2D eigenvalue weighted by molar-refractivity contribution is 0.694. The Bertz CT molecular complexity index is 699. The van der Waals surface area contributed by atoms with Crippen molar-refractivity contribution in [3.63, 3.8) is 0 Å². The summed E-state index contributed by atoms with van der Waals surface area (Å²) in [6, 6.07) is 10.5. The van der Waals surface area contributed by atoms with E-state index in [1.54, 1.807) is 11.3 Å². The topological polar surface area (TPSA) is 43.1 Å². The van der Waals surface area contributed by atoms with Crippen molar-refractivity contribution in [2.45, 2.75) is 39.0 Å². The smallest absolute Gasteiger partial charge is 0.187 e. The van der Waals surface area contributed by atoms with Gasteiger partial charge in [0.15, 0.2) is 5.82 Å². The molecule has 0 saturated heterocycles. The lowest BCUT2D eigenvalue weighted by Gasteiger charge is -2.11. The number of fused-ring (bicyclic) bond motifs is 1. The van der Waals surface area contributed by atoms with E-state index in [1.807, 2.05) is 10.6 Å². The van der Waals surface area contributed by atoms with E-state index in [4.69, 9.17) is 5.10 Å². The molecule has 0 saturated carbocycles. The SMILES string of the molecule is CC[C@@H](c1ccccc1)c1nn2c(C(C)C)nnc2s1. The first-order valence-electron chi connectivity index (χ1n) is 6.97. The molecule has 0 spiro atoms. The van der Waals surface area contributed by atoms with Gasteiger partial charge in [0, 0.05) is 11.8 Å². The third-order valence-corrected chi connectivity index (χ3v) is 4.47. The van der Waals surface area contributed by atoms with Crippen LogP contribution in [0.3, 0.4) is 0 Å². The summed E-state index contributed by atoms with van der Waals surface area (Å²) in [6.45, 7) is 6.43. The Labute approximate surface area is 122 Å². The predicted molar refractivity (Wildman–Crippen MR) is 81.3 cm³/mol. The average Bonchev–Trinajstić information content (AvgIpc) is 3.00. The first-order chi connectivity index (χ1) is 9.70. The zero-order chi connectivity index (χ0) is 14.1. The summed E-state index contributed by atoms with van der Waals surface area (Å²) in [5.41, 5.74) is 1.31. The molecule has 1 aromatic carbocycles. The van der Waals surface area contributed by atoms with Crippen LogP contribution in [0.25, 0.3) is 4.96 Å². The van der Waals surface area contributed by atoms with E-state index >= 15 is 0 Å². The molecule has 1 atom stereocenters. The highest BCUT2D eigenvalue weighted by atomic mass is 32.1. The third kappa shape index (κ3) is 2.22. The van der Waals surface area contributed by atoms with E-state index in [0.29, 0.717) is 11.8 Å². The van der Waals surface area contributed by atoms with Gasteiger partial charge in [-0.25, -0.2) is 0 Å². The Morgan fingerprint density at radius 3 is 2.55 bits per heavy atom. The number of rotatable bonds is 4. The summed E-state index contributed by atoms with van der Waals surface area (Å²) in [4.78, 5) is 0.887. The fourth-order valence-electron chi connectivity index (χ4n) is 2.39. The molecule has 20 heavy (non-hydrogen) atoms. The average molecular weight is 286 g/mol. The van der Waals surface area contributed by atoms with Gasteiger partial charge < -0.3 is 0 Å². The van der Waals surface area contributed by atoms with Crippen molar-refractivity contribution in [3.8, 4) is 0 Å². The molecular weight excluding hydrogens is 268 g/mol. The molecule has 5 heteroatoms. The molecular formula is C15H18N4S. The lowest BCUT2D eigenvalue weighted by Crippen LogP contribution is -2.02. The Balaban J connectivity index is 2.04. The molecule has 0 aliphatic heterocycles. The van der Waals surface area contributed by atoms with Gasteiger partial charge in [-0.3, -0.25) is 0 Å². The second-order valence-electron chi connectivity index (χ2n) is 5.22. The summed E-state index contributed by atoms with van der Waals surface area (Å²) < 4.78 is 1.90. The molecule has 3 aromatic rings. The zero-order valence-corrected chi connectivity index (χ0v) is 12.8. The molecule has 0 radical (unpaired) electrons. The highest BCUT2D eigenvalue weighted by Gasteiger charge is 2.20. The molecule has 0 aliphatic rings. The first-order valence-corrected chi connectivity index (χ1v) is 7.79. The van der Waals surface area contributed by atoms with Gasteiger partial charge >= 0.3 is 0 Å². The molecule has 0 N–H and O–H groups in total. The fraction of sp³-hybridized carbons (Fsp3) is 0.400. The van der Waals surface area contributed by atoms with Crippen molar-refractivity contribution in [1.82, 2.24) is 19.8 Å². The normalized spacial score (nSPS) is 13.2. The maximum Gasteiger partial charge on any atom is 0.234 e. The van der Waals surface area contributed by atoms with Crippen molar-refractivity contribution in [2.75, 3.05) is 0 Å². The largest absolute Gasteiger partial charge is 0.234 e. The molecule has 2 heterocycles. The highest BCUT2D eigenvalue weighted by Crippen LogP contribution is 2.31. The summed E-state index contributed by atoms with van der Waals surface area (Å²) in [5.74, 6) is 1.60. The van der Waals surface area contributed by atoms with Gasteiger partial charge in [-0.05, 0) is 12.0 Å². The van der Waals surface area contributed by atoms with Crippen LogP contribution >= 0.6 is 11.3 Å². The van der Waals surface area contributed by atoms with Crippen molar-refractivity contribution >= 4 is 16.3 Å². The maximum atomic E-state index is 4.75. The second kappa shape index (κ2) is 5.32. The number of hydrogen-bond donors (Lipinski definition) is 0. The molecule has 3 rings (SSSR count). The highest BCUT2D eigenvalue weighted by molar-refractivity contribution is 7.16. The minimum atomic E-state index is 0.330. The molecule has 0 amide bonds. The van der Waals surface area contributed by atoms with Crippen molar-refractivity contribution < 1.29 is 0 Å². The fourth-order valence-corrected chi connectivity index (χ4v) is 3.44. The first kappa shape index (κ1) is 13.2. The van der Waals surface area contributed by atoms with E-state index in [-0.39, 0.29) is 0 Å². The van der Waals surface area contributed by atoms with Gasteiger partial charge in [0.1, 0.15) is 5.01 Å². The van der Waals surface area contributed by atoms with Crippen molar-refractivity contribution in [3.05, 3.63) is 46.7 Å². The van der Waals surface area contributed by atoms with Gasteiger partial charge in [0.05, 0.1) is 0 Å². The summed E-state index contributed by atoms with van der Waals surface area (Å²) >= 11 is 1.64. The Morgan fingerprint density at radius 1 is 1.15 bits per heavy atom. The minimum absolute atomic E-state index is 0.330. The standard InChI is InChI=1S/C15H18N4S/c1-4-12(11-8-6-5-7-9-11)14-18-19-13(10(2)3)16-17-15(19)20-14/h5-10,12H,4H2,1-3H3/t12-/m0/s1. The number of benzene rings is 1. The van der Waals surface area contributed by atoms with Gasteiger partial charge in [-0.2, -0.15) is 9.61 Å². The zero-order valence-electron chi connectivity index (χ0n) is 11.9. The Kier molecular flexibility index (Phi) is 3.53. The van der Waals surface area contributed by atoms with E-state index in [1.165, 1.54) is 5.56 Å². The summed E-state index contributed by atoms with van der Waals surface area (Å²) in [6.07, 6.45) is 1.03. The summed E-state index contributed by atoms with van der Waals surface area (Å²) in [7, 11) is 0. The van der Waals surface area contributed by atoms with Crippen LogP contribution < -0.4 is 0 Å². The second-order valence-corrected chi connectivity index (χ2v) is 6.21. The van der Waals surface area contributed by atoms with Crippen molar-refractivity contribution in [2.24, 2.45) is 0 Å². The molecule has 2 aromatic heterocycles. The van der Waals surface area contributed by atoms with Crippen LogP contribution in [-0.4, -0.2) is 19.8 Å². The maximum absolute atomic E-state index is 4.75. The number of nitrogens with zero attached hydrogens (tertiary/aromatic N) is 4. The van der Waals surface area contributed by atoms with E-state index in [0.717, 1.165) is 22.2 Å². The molecule has 0 aliphatic carbocycles. The molecule has 4 nitrogen and oxygen atoms in total. The van der Waals surface area contributed by atoms with Crippen LogP contribution in [0.15, 0.2) is 30.3 Å². The summed E-state index contributed by atoms with van der Waals surface area (Å²) in [5, 5.41) is 14.3. The molecule has 0 unspecified atom stereocenters. The van der Waals surface area contributed by atoms with E-state index < -0.39 is 0 Å². The minimum Gasteiger partial charge on any atom is -0.187 e.